The Bertz CT molecular complexity index is 330. The van der Waals surface area contributed by atoms with Gasteiger partial charge in [-0.1, -0.05) is 59.4 Å². The largest absolute Gasteiger partial charge is 0.296 e. The Morgan fingerprint density at radius 2 is 1.71 bits per heavy atom. The highest BCUT2D eigenvalue weighted by molar-refractivity contribution is 6.00. The molecule has 1 unspecified atom stereocenters. The zero-order valence-electron chi connectivity index (χ0n) is 14.7. The van der Waals surface area contributed by atoms with Crippen LogP contribution in [0.3, 0.4) is 0 Å². The summed E-state index contributed by atoms with van der Waals surface area (Å²) in [6.07, 6.45) is 7.32. The van der Waals surface area contributed by atoms with E-state index in [1.54, 1.807) is 12.2 Å². The minimum absolute atomic E-state index is 0.175. The van der Waals surface area contributed by atoms with Gasteiger partial charge in [-0.05, 0) is 25.3 Å². The number of carbonyl (C=O) groups is 2. The van der Waals surface area contributed by atoms with Gasteiger partial charge >= 0.3 is 0 Å². The van der Waals surface area contributed by atoms with Crippen molar-refractivity contribution in [1.29, 1.82) is 0 Å². The standard InChI is InChI=1S/C11H15NO2.C3H6.2C2H6/c1-3-5-8(4-2)9-6-7-10(13)12-11(9)14;1-3-2;2*1-2/h4-5,9H,2-3,6-7H2,1H3,(H,12,13,14);3H,1H2,2H3;2*1-2H3/b8-5+;;;. The summed E-state index contributed by atoms with van der Waals surface area (Å²) in [7, 11) is 0. The van der Waals surface area contributed by atoms with E-state index in [1.165, 1.54) is 0 Å². The van der Waals surface area contributed by atoms with Gasteiger partial charge in [0.05, 0.1) is 5.92 Å². The van der Waals surface area contributed by atoms with E-state index in [-0.39, 0.29) is 17.7 Å². The lowest BCUT2D eigenvalue weighted by Gasteiger charge is -2.21. The fraction of sp³-hybridized carbons (Fsp3) is 0.556. The van der Waals surface area contributed by atoms with Crippen LogP contribution in [-0.4, -0.2) is 11.8 Å². The Hall–Kier alpha value is -1.64. The van der Waals surface area contributed by atoms with Crippen molar-refractivity contribution in [3.05, 3.63) is 37.0 Å². The zero-order valence-corrected chi connectivity index (χ0v) is 14.7. The third-order valence-electron chi connectivity index (χ3n) is 2.32. The van der Waals surface area contributed by atoms with Gasteiger partial charge in [0.15, 0.2) is 0 Å². The van der Waals surface area contributed by atoms with Crippen molar-refractivity contribution in [2.75, 3.05) is 0 Å². The lowest BCUT2D eigenvalue weighted by molar-refractivity contribution is -0.135. The molecule has 0 bridgehead atoms. The smallest absolute Gasteiger partial charge is 0.234 e. The van der Waals surface area contributed by atoms with Crippen molar-refractivity contribution in [3.8, 4) is 0 Å². The first-order chi connectivity index (χ1) is 10.1. The molecule has 0 aromatic heterocycles. The van der Waals surface area contributed by atoms with Crippen molar-refractivity contribution in [2.45, 2.75) is 60.8 Å². The van der Waals surface area contributed by atoms with Crippen molar-refractivity contribution >= 4 is 11.8 Å². The minimum Gasteiger partial charge on any atom is -0.296 e. The fourth-order valence-corrected chi connectivity index (χ4v) is 1.62. The van der Waals surface area contributed by atoms with Gasteiger partial charge in [0.1, 0.15) is 0 Å². The van der Waals surface area contributed by atoms with Crippen LogP contribution < -0.4 is 5.32 Å². The first kappa shape index (κ1) is 24.4. The summed E-state index contributed by atoms with van der Waals surface area (Å²) in [6.45, 7) is 18.9. The fourth-order valence-electron chi connectivity index (χ4n) is 1.62. The van der Waals surface area contributed by atoms with E-state index in [2.05, 4.69) is 18.5 Å². The van der Waals surface area contributed by atoms with Crippen molar-refractivity contribution < 1.29 is 9.59 Å². The molecule has 1 saturated heterocycles. The lowest BCUT2D eigenvalue weighted by Crippen LogP contribution is -2.41. The summed E-state index contributed by atoms with van der Waals surface area (Å²) < 4.78 is 0. The Balaban J connectivity index is -0.000000399. The van der Waals surface area contributed by atoms with Crippen LogP contribution in [0.15, 0.2) is 37.0 Å². The summed E-state index contributed by atoms with van der Waals surface area (Å²) in [6, 6.07) is 0. The summed E-state index contributed by atoms with van der Waals surface area (Å²) in [5.41, 5.74) is 0.928. The molecule has 1 heterocycles. The Morgan fingerprint density at radius 3 is 2.05 bits per heavy atom. The molecular formula is C18H33NO2. The number of hydrogen-bond donors (Lipinski definition) is 1. The molecule has 2 amide bonds. The van der Waals surface area contributed by atoms with Gasteiger partial charge in [0.25, 0.3) is 0 Å². The molecular weight excluding hydrogens is 262 g/mol. The molecule has 1 aliphatic rings. The topological polar surface area (TPSA) is 46.2 Å². The van der Waals surface area contributed by atoms with Crippen LogP contribution in [0.2, 0.25) is 0 Å². The van der Waals surface area contributed by atoms with Crippen LogP contribution in [0.25, 0.3) is 0 Å². The number of nitrogens with one attached hydrogen (secondary N) is 1. The maximum absolute atomic E-state index is 11.5. The molecule has 1 fully saturated rings. The van der Waals surface area contributed by atoms with E-state index in [0.717, 1.165) is 12.0 Å². The highest BCUT2D eigenvalue weighted by Crippen LogP contribution is 2.22. The molecule has 122 valence electrons. The Labute approximate surface area is 131 Å². The van der Waals surface area contributed by atoms with Crippen molar-refractivity contribution in [2.24, 2.45) is 5.92 Å². The van der Waals surface area contributed by atoms with Crippen LogP contribution >= 0.6 is 0 Å². The van der Waals surface area contributed by atoms with Crippen molar-refractivity contribution in [1.82, 2.24) is 5.32 Å². The van der Waals surface area contributed by atoms with E-state index in [4.69, 9.17) is 0 Å². The van der Waals surface area contributed by atoms with Crippen LogP contribution in [0.5, 0.6) is 0 Å². The Kier molecular flexibility index (Phi) is 21.3. The second-order valence-corrected chi connectivity index (χ2v) is 3.73. The summed E-state index contributed by atoms with van der Waals surface area (Å²) >= 11 is 0. The van der Waals surface area contributed by atoms with Gasteiger partial charge in [0, 0.05) is 6.42 Å². The van der Waals surface area contributed by atoms with Gasteiger partial charge < -0.3 is 0 Å². The van der Waals surface area contributed by atoms with E-state index in [9.17, 15) is 9.59 Å². The number of carbonyl (C=O) groups excluding carboxylic acids is 2. The van der Waals surface area contributed by atoms with Gasteiger partial charge in [-0.15, -0.1) is 6.58 Å². The second kappa shape index (κ2) is 18.4. The summed E-state index contributed by atoms with van der Waals surface area (Å²) in [4.78, 5) is 22.4. The molecule has 0 aromatic rings. The molecule has 0 spiro atoms. The molecule has 21 heavy (non-hydrogen) atoms. The third kappa shape index (κ3) is 11.9. The normalized spacial score (nSPS) is 16.7. The predicted octanol–water partition coefficient (Wildman–Crippen LogP) is 4.81. The van der Waals surface area contributed by atoms with Crippen LogP contribution in [0.4, 0.5) is 0 Å². The highest BCUT2D eigenvalue weighted by atomic mass is 16.2. The monoisotopic (exact) mass is 295 g/mol. The quantitative estimate of drug-likeness (QED) is 0.461. The van der Waals surface area contributed by atoms with E-state index in [1.807, 2.05) is 47.6 Å². The number of rotatable bonds is 3. The summed E-state index contributed by atoms with van der Waals surface area (Å²) in [5, 5.41) is 2.34. The molecule has 3 nitrogen and oxygen atoms in total. The molecule has 0 aromatic carbocycles. The van der Waals surface area contributed by atoms with Crippen LogP contribution in [0.1, 0.15) is 60.8 Å². The van der Waals surface area contributed by atoms with Gasteiger partial charge in [-0.3, -0.25) is 14.9 Å². The molecule has 0 aliphatic carbocycles. The van der Waals surface area contributed by atoms with E-state index < -0.39 is 0 Å². The minimum atomic E-state index is -0.194. The van der Waals surface area contributed by atoms with Gasteiger partial charge in [0.2, 0.25) is 11.8 Å². The van der Waals surface area contributed by atoms with Gasteiger partial charge in [-0.25, -0.2) is 0 Å². The molecule has 1 aliphatic heterocycles. The number of hydrogen-bond acceptors (Lipinski definition) is 2. The van der Waals surface area contributed by atoms with E-state index >= 15 is 0 Å². The molecule has 1 N–H and O–H groups in total. The van der Waals surface area contributed by atoms with Gasteiger partial charge in [-0.2, -0.15) is 0 Å². The first-order valence-corrected chi connectivity index (χ1v) is 7.83. The van der Waals surface area contributed by atoms with Crippen LogP contribution in [0, 0.1) is 5.92 Å². The number of amides is 2. The average Bonchev–Trinajstić information content (AvgIpc) is 2.50. The van der Waals surface area contributed by atoms with E-state index in [0.29, 0.717) is 12.8 Å². The number of imide groups is 1. The molecule has 1 atom stereocenters. The molecule has 1 rings (SSSR count). The maximum atomic E-state index is 11.5. The van der Waals surface area contributed by atoms with Crippen molar-refractivity contribution in [3.63, 3.8) is 0 Å². The molecule has 0 radical (unpaired) electrons. The molecule has 0 saturated carbocycles. The third-order valence-corrected chi connectivity index (χ3v) is 2.32. The zero-order chi connectivity index (χ0) is 17.3. The second-order valence-electron chi connectivity index (χ2n) is 3.73. The maximum Gasteiger partial charge on any atom is 0.234 e. The van der Waals surface area contributed by atoms with Crippen LogP contribution in [-0.2, 0) is 9.59 Å². The molecule has 3 heteroatoms. The number of piperidine rings is 1. The lowest BCUT2D eigenvalue weighted by atomic mass is 9.89. The SMILES string of the molecule is C=C/C(=C\CC)C1CCC(=O)NC1=O.C=CC.CC.CC. The highest BCUT2D eigenvalue weighted by Gasteiger charge is 2.27. The average molecular weight is 295 g/mol. The first-order valence-electron chi connectivity index (χ1n) is 7.83. The predicted molar refractivity (Wildman–Crippen MR) is 93.0 cm³/mol. The summed E-state index contributed by atoms with van der Waals surface area (Å²) in [5.74, 6) is -0.558. The number of allylic oxidation sites excluding steroid dienone is 3. The Morgan fingerprint density at radius 1 is 1.24 bits per heavy atom.